The minimum absolute atomic E-state index is 0.172. The van der Waals surface area contributed by atoms with Gasteiger partial charge in [0, 0.05) is 35.9 Å². The van der Waals surface area contributed by atoms with E-state index in [0.29, 0.717) is 38.8 Å². The third-order valence-corrected chi connectivity index (χ3v) is 6.68. The van der Waals surface area contributed by atoms with Crippen LogP contribution in [0.4, 0.5) is 15.6 Å². The van der Waals surface area contributed by atoms with E-state index >= 15 is 0 Å². The molecule has 0 fully saturated rings. The third kappa shape index (κ3) is 6.36. The first-order valence-corrected chi connectivity index (χ1v) is 12.7. The lowest BCUT2D eigenvalue weighted by Crippen LogP contribution is -2.46. The zero-order valence-corrected chi connectivity index (χ0v) is 21.9. The Labute approximate surface area is 228 Å². The van der Waals surface area contributed by atoms with Crippen molar-refractivity contribution < 1.29 is 28.5 Å². The van der Waals surface area contributed by atoms with Crippen LogP contribution in [0.15, 0.2) is 66.7 Å². The number of methoxy groups -OCH3 is 2. The van der Waals surface area contributed by atoms with E-state index in [-0.39, 0.29) is 13.2 Å². The molecule has 4 aromatic rings. The Balaban J connectivity index is 1.30. The average Bonchev–Trinajstić information content (AvgIpc) is 3.62. The summed E-state index contributed by atoms with van der Waals surface area (Å²) in [6, 6.07) is 18.4. The molecule has 1 aliphatic heterocycles. The molecule has 12 heteroatoms. The summed E-state index contributed by atoms with van der Waals surface area (Å²) < 4.78 is 21.3. The predicted octanol–water partition coefficient (Wildman–Crippen LogP) is 4.32. The summed E-state index contributed by atoms with van der Waals surface area (Å²) in [5, 5.41) is 17.5. The monoisotopic (exact) mass is 547 g/mol. The number of benzene rings is 3. The Hall–Kier alpha value is -4.84. The summed E-state index contributed by atoms with van der Waals surface area (Å²) >= 11 is 1.21. The van der Waals surface area contributed by atoms with Crippen LogP contribution in [0.5, 0.6) is 23.0 Å². The maximum absolute atomic E-state index is 13.3. The van der Waals surface area contributed by atoms with Crippen LogP contribution in [0.1, 0.15) is 5.56 Å². The Kier molecular flexibility index (Phi) is 7.73. The van der Waals surface area contributed by atoms with Gasteiger partial charge in [0.05, 0.1) is 14.2 Å². The van der Waals surface area contributed by atoms with Gasteiger partial charge in [0.2, 0.25) is 17.8 Å². The van der Waals surface area contributed by atoms with Gasteiger partial charge < -0.3 is 29.6 Å². The van der Waals surface area contributed by atoms with Gasteiger partial charge in [0.25, 0.3) is 0 Å². The number of urea groups is 1. The molecule has 5 rings (SSSR count). The second-order valence-electron chi connectivity index (χ2n) is 8.41. The molecule has 1 aliphatic rings. The number of fused-ring (bicyclic) bond motifs is 1. The number of hydrogen-bond donors (Lipinski definition) is 3. The number of nitrogens with one attached hydrogen (secondary N) is 3. The fourth-order valence-corrected chi connectivity index (χ4v) is 4.62. The Bertz CT molecular complexity index is 1460. The van der Waals surface area contributed by atoms with E-state index in [1.165, 1.54) is 25.6 Å². The number of hydrogen-bond acceptors (Lipinski definition) is 9. The van der Waals surface area contributed by atoms with Crippen LogP contribution in [-0.2, 0) is 11.2 Å². The maximum Gasteiger partial charge on any atom is 0.319 e. The van der Waals surface area contributed by atoms with Gasteiger partial charge in [-0.05, 0) is 23.8 Å². The lowest BCUT2D eigenvalue weighted by atomic mass is 10.1. The Morgan fingerprint density at radius 2 is 1.67 bits per heavy atom. The lowest BCUT2D eigenvalue weighted by Gasteiger charge is -2.18. The fourth-order valence-electron chi connectivity index (χ4n) is 3.88. The van der Waals surface area contributed by atoms with E-state index in [2.05, 4.69) is 26.1 Å². The highest BCUT2D eigenvalue weighted by atomic mass is 32.1. The molecule has 0 aliphatic carbocycles. The zero-order chi connectivity index (χ0) is 27.2. The van der Waals surface area contributed by atoms with Gasteiger partial charge in [-0.15, -0.1) is 10.2 Å². The number of ether oxygens (including phenoxy) is 4. The van der Waals surface area contributed by atoms with Gasteiger partial charge in [-0.25, -0.2) is 4.79 Å². The summed E-state index contributed by atoms with van der Waals surface area (Å²) in [6.45, 7) is 0.172. The summed E-state index contributed by atoms with van der Waals surface area (Å²) in [7, 11) is 3.04. The minimum atomic E-state index is -0.905. The fraction of sp³-hybridized carbons (Fsp3) is 0.185. The highest BCUT2D eigenvalue weighted by molar-refractivity contribution is 7.18. The molecule has 0 saturated heterocycles. The third-order valence-electron chi connectivity index (χ3n) is 5.79. The van der Waals surface area contributed by atoms with E-state index < -0.39 is 18.0 Å². The maximum atomic E-state index is 13.3. The van der Waals surface area contributed by atoms with Crippen molar-refractivity contribution in [3.05, 3.63) is 72.3 Å². The molecule has 0 saturated carbocycles. The molecule has 3 amide bonds. The van der Waals surface area contributed by atoms with Crippen molar-refractivity contribution >= 4 is 34.1 Å². The van der Waals surface area contributed by atoms with Crippen molar-refractivity contribution in [3.63, 3.8) is 0 Å². The van der Waals surface area contributed by atoms with Crippen LogP contribution in [0.2, 0.25) is 0 Å². The van der Waals surface area contributed by atoms with Crippen LogP contribution in [0.3, 0.4) is 0 Å². The minimum Gasteiger partial charge on any atom is -0.497 e. The average molecular weight is 548 g/mol. The number of amides is 3. The molecule has 2 heterocycles. The van der Waals surface area contributed by atoms with Gasteiger partial charge >= 0.3 is 6.03 Å². The lowest BCUT2D eigenvalue weighted by molar-refractivity contribution is -0.117. The van der Waals surface area contributed by atoms with Gasteiger partial charge in [-0.1, -0.05) is 41.7 Å². The molecule has 0 unspecified atom stereocenters. The molecule has 11 nitrogen and oxygen atoms in total. The molecule has 3 aromatic carbocycles. The van der Waals surface area contributed by atoms with Crippen LogP contribution < -0.4 is 34.9 Å². The van der Waals surface area contributed by atoms with Crippen molar-refractivity contribution in [1.29, 1.82) is 0 Å². The number of carbonyl (C=O) groups is 2. The van der Waals surface area contributed by atoms with Gasteiger partial charge in [-0.3, -0.25) is 10.1 Å². The molecule has 0 bridgehead atoms. The molecule has 0 radical (unpaired) electrons. The molecular weight excluding hydrogens is 522 g/mol. The first-order chi connectivity index (χ1) is 19.0. The van der Waals surface area contributed by atoms with Crippen LogP contribution in [0.25, 0.3) is 10.6 Å². The second kappa shape index (κ2) is 11.7. The van der Waals surface area contributed by atoms with E-state index in [9.17, 15) is 9.59 Å². The van der Waals surface area contributed by atoms with Crippen molar-refractivity contribution in [2.24, 2.45) is 0 Å². The van der Waals surface area contributed by atoms with Crippen molar-refractivity contribution in [3.8, 4) is 33.6 Å². The highest BCUT2D eigenvalue weighted by Gasteiger charge is 2.24. The summed E-state index contributed by atoms with van der Waals surface area (Å²) in [4.78, 5) is 26.2. The number of rotatable bonds is 9. The summed E-state index contributed by atoms with van der Waals surface area (Å²) in [5.41, 5.74) is 2.10. The van der Waals surface area contributed by atoms with Gasteiger partial charge in [0.15, 0.2) is 11.5 Å². The predicted molar refractivity (Wildman–Crippen MR) is 146 cm³/mol. The smallest absolute Gasteiger partial charge is 0.319 e. The topological polar surface area (TPSA) is 133 Å². The summed E-state index contributed by atoms with van der Waals surface area (Å²) in [6.07, 6.45) is 0.259. The quantitative estimate of drug-likeness (QED) is 0.282. The normalized spacial score (nSPS) is 12.4. The SMILES string of the molecule is COc1cc(NC(=O)N[C@H](Cc2ccccc2)C(=O)Nc2nnc(-c3ccc4c(c3)OCO4)s2)cc(OC)c1. The Morgan fingerprint density at radius 3 is 2.41 bits per heavy atom. The number of anilines is 2. The number of carbonyl (C=O) groups excluding carboxylic acids is 2. The first-order valence-electron chi connectivity index (χ1n) is 11.9. The molecule has 1 aromatic heterocycles. The van der Waals surface area contributed by atoms with Crippen molar-refractivity contribution in [2.45, 2.75) is 12.5 Å². The van der Waals surface area contributed by atoms with Gasteiger partial charge in [0.1, 0.15) is 22.5 Å². The Morgan fingerprint density at radius 1 is 0.923 bits per heavy atom. The molecule has 39 heavy (non-hydrogen) atoms. The van der Waals surface area contributed by atoms with E-state index in [1.807, 2.05) is 42.5 Å². The molecule has 1 atom stereocenters. The number of aromatic nitrogens is 2. The van der Waals surface area contributed by atoms with E-state index in [0.717, 1.165) is 11.1 Å². The summed E-state index contributed by atoms with van der Waals surface area (Å²) in [5.74, 6) is 1.87. The zero-order valence-electron chi connectivity index (χ0n) is 21.1. The molecule has 0 spiro atoms. The second-order valence-corrected chi connectivity index (χ2v) is 9.39. The van der Waals surface area contributed by atoms with Crippen LogP contribution in [0, 0.1) is 0 Å². The molecule has 3 N–H and O–H groups in total. The van der Waals surface area contributed by atoms with Crippen LogP contribution >= 0.6 is 11.3 Å². The van der Waals surface area contributed by atoms with Crippen LogP contribution in [-0.4, -0.2) is 49.2 Å². The highest BCUT2D eigenvalue weighted by Crippen LogP contribution is 2.37. The largest absolute Gasteiger partial charge is 0.497 e. The number of nitrogens with zero attached hydrogens (tertiary/aromatic N) is 2. The first kappa shape index (κ1) is 25.8. The van der Waals surface area contributed by atoms with E-state index in [4.69, 9.17) is 18.9 Å². The van der Waals surface area contributed by atoms with Crippen molar-refractivity contribution in [2.75, 3.05) is 31.6 Å². The van der Waals surface area contributed by atoms with Gasteiger partial charge in [-0.2, -0.15) is 0 Å². The molecular formula is C27H25N5O6S. The molecule has 200 valence electrons. The standard InChI is InChI=1S/C27H25N5O6S/c1-35-19-12-18(13-20(14-19)36-2)28-26(34)29-21(10-16-6-4-3-5-7-16)24(33)30-27-32-31-25(39-27)17-8-9-22-23(11-17)38-15-37-22/h3-9,11-14,21H,10,15H2,1-2H3,(H2,28,29,34)(H,30,32,33)/t21-/m1/s1. The van der Waals surface area contributed by atoms with E-state index in [1.54, 1.807) is 24.3 Å². The van der Waals surface area contributed by atoms with Crippen molar-refractivity contribution in [1.82, 2.24) is 15.5 Å².